The Kier molecular flexibility index (Phi) is 5.22. The zero-order chi connectivity index (χ0) is 22.6. The number of carbonyl (C=O) groups is 1. The Morgan fingerprint density at radius 2 is 1.97 bits per heavy atom. The molecular weight excluding hydrogens is 419 g/mol. The molecular formula is C24H31N6OP. The fourth-order valence-electron chi connectivity index (χ4n) is 4.72. The number of likely N-dealkylation sites (tertiary alicyclic amines) is 1. The molecule has 0 bridgehead atoms. The van der Waals surface area contributed by atoms with Crippen molar-refractivity contribution in [2.45, 2.75) is 44.9 Å². The van der Waals surface area contributed by atoms with E-state index in [9.17, 15) is 4.79 Å². The van der Waals surface area contributed by atoms with Crippen LogP contribution in [0.3, 0.4) is 0 Å². The molecule has 1 saturated heterocycles. The van der Waals surface area contributed by atoms with Crippen LogP contribution in [0.4, 0.5) is 0 Å². The zero-order valence-corrected chi connectivity index (χ0v) is 20.5. The molecule has 1 amide bonds. The van der Waals surface area contributed by atoms with E-state index in [0.717, 1.165) is 59.5 Å². The summed E-state index contributed by atoms with van der Waals surface area (Å²) in [7, 11) is 4.80. The first-order valence-electron chi connectivity index (χ1n) is 11.2. The van der Waals surface area contributed by atoms with Crippen LogP contribution in [0.5, 0.6) is 0 Å². The van der Waals surface area contributed by atoms with Gasteiger partial charge in [-0.25, -0.2) is 4.52 Å². The van der Waals surface area contributed by atoms with E-state index in [1.54, 1.807) is 6.08 Å². The SMILES string of the molecule is Cc1cn2nc(C3=CC(=O)N4C=C(N5CCC(C)(N(C)C)CC5)C=CC4P3)cc2c(C)n1. The molecule has 2 aromatic heterocycles. The number of aryl methyl sites for hydroxylation is 2. The van der Waals surface area contributed by atoms with Crippen molar-refractivity contribution in [3.05, 3.63) is 59.5 Å². The maximum absolute atomic E-state index is 13.1. The van der Waals surface area contributed by atoms with E-state index < -0.39 is 0 Å². The van der Waals surface area contributed by atoms with Crippen molar-refractivity contribution < 1.29 is 4.79 Å². The molecule has 0 N–H and O–H groups in total. The molecule has 0 saturated carbocycles. The first-order valence-corrected chi connectivity index (χ1v) is 12.3. The minimum absolute atomic E-state index is 0.0313. The number of allylic oxidation sites excluding steroid dienone is 1. The second-order valence-corrected chi connectivity index (χ2v) is 10.9. The van der Waals surface area contributed by atoms with E-state index in [2.05, 4.69) is 48.0 Å². The summed E-state index contributed by atoms with van der Waals surface area (Å²) in [5, 5.41) is 5.75. The second kappa shape index (κ2) is 7.82. The molecule has 1 fully saturated rings. The van der Waals surface area contributed by atoms with Gasteiger partial charge in [-0.3, -0.25) is 9.78 Å². The van der Waals surface area contributed by atoms with Crippen LogP contribution in [0.1, 0.15) is 36.8 Å². The smallest absolute Gasteiger partial charge is 0.252 e. The molecule has 3 aliphatic rings. The summed E-state index contributed by atoms with van der Waals surface area (Å²) in [6, 6.07) is 2.05. The number of aromatic nitrogens is 3. The normalized spacial score (nSPS) is 23.7. The van der Waals surface area contributed by atoms with Crippen LogP contribution in [0, 0.1) is 13.8 Å². The van der Waals surface area contributed by atoms with Gasteiger partial charge in [0, 0.05) is 36.2 Å². The highest BCUT2D eigenvalue weighted by Crippen LogP contribution is 2.44. The molecule has 2 unspecified atom stereocenters. The number of amides is 1. The lowest BCUT2D eigenvalue weighted by molar-refractivity contribution is -0.123. The molecule has 0 aliphatic carbocycles. The highest BCUT2D eigenvalue weighted by atomic mass is 31.1. The summed E-state index contributed by atoms with van der Waals surface area (Å²) in [5.41, 5.74) is 5.13. The molecule has 0 radical (unpaired) electrons. The molecule has 5 rings (SSSR count). The third kappa shape index (κ3) is 3.67. The number of hydrogen-bond donors (Lipinski definition) is 0. The minimum atomic E-state index is 0.0313. The summed E-state index contributed by atoms with van der Waals surface area (Å²) < 4.78 is 1.88. The van der Waals surface area contributed by atoms with Crippen LogP contribution in [0.15, 0.2) is 42.4 Å². The van der Waals surface area contributed by atoms with Crippen molar-refractivity contribution in [3.8, 4) is 0 Å². The molecule has 7 nitrogen and oxygen atoms in total. The van der Waals surface area contributed by atoms with Crippen LogP contribution < -0.4 is 0 Å². The van der Waals surface area contributed by atoms with E-state index in [1.165, 1.54) is 0 Å². The first kappa shape index (κ1) is 21.4. The lowest BCUT2D eigenvalue weighted by Gasteiger charge is -2.45. The summed E-state index contributed by atoms with van der Waals surface area (Å²) >= 11 is 0. The predicted octanol–water partition coefficient (Wildman–Crippen LogP) is 3.36. The fraction of sp³-hybridized carbons (Fsp3) is 0.458. The highest BCUT2D eigenvalue weighted by Gasteiger charge is 2.34. The molecule has 8 heteroatoms. The lowest BCUT2D eigenvalue weighted by Crippen LogP contribution is -2.50. The van der Waals surface area contributed by atoms with Crippen molar-refractivity contribution in [3.63, 3.8) is 0 Å². The van der Waals surface area contributed by atoms with Gasteiger partial charge in [0.1, 0.15) is 0 Å². The Morgan fingerprint density at radius 3 is 2.69 bits per heavy atom. The topological polar surface area (TPSA) is 57.0 Å². The Hall–Kier alpha value is -2.50. The molecule has 3 aliphatic heterocycles. The number of carbonyl (C=O) groups excluding carboxylic acids is 1. The summed E-state index contributed by atoms with van der Waals surface area (Å²) in [5.74, 6) is 0.0951. The molecule has 168 valence electrons. The Bertz CT molecular complexity index is 1170. The monoisotopic (exact) mass is 450 g/mol. The van der Waals surface area contributed by atoms with Crippen LogP contribution in [0.2, 0.25) is 0 Å². The van der Waals surface area contributed by atoms with Crippen molar-refractivity contribution in [2.75, 3.05) is 27.2 Å². The summed E-state index contributed by atoms with van der Waals surface area (Å²) in [6.45, 7) is 8.32. The van der Waals surface area contributed by atoms with Gasteiger partial charge in [-0.1, -0.05) is 14.7 Å². The number of rotatable bonds is 3. The Morgan fingerprint density at radius 1 is 1.22 bits per heavy atom. The van der Waals surface area contributed by atoms with Gasteiger partial charge in [0.25, 0.3) is 5.91 Å². The van der Waals surface area contributed by atoms with Crippen molar-refractivity contribution in [2.24, 2.45) is 0 Å². The van der Waals surface area contributed by atoms with Gasteiger partial charge < -0.3 is 14.7 Å². The van der Waals surface area contributed by atoms with Gasteiger partial charge in [-0.05, 0) is 59.9 Å². The quantitative estimate of drug-likeness (QED) is 0.672. The van der Waals surface area contributed by atoms with Crippen LogP contribution >= 0.6 is 8.58 Å². The molecule has 2 atom stereocenters. The maximum Gasteiger partial charge on any atom is 0.252 e. The number of hydrogen-bond acceptors (Lipinski definition) is 5. The third-order valence-corrected chi connectivity index (χ3v) is 8.64. The van der Waals surface area contributed by atoms with Crippen molar-refractivity contribution in [1.29, 1.82) is 0 Å². The molecule has 2 aromatic rings. The third-order valence-electron chi connectivity index (χ3n) is 7.17. The highest BCUT2D eigenvalue weighted by molar-refractivity contribution is 7.51. The van der Waals surface area contributed by atoms with Gasteiger partial charge in [-0.15, -0.1) is 0 Å². The molecule has 0 spiro atoms. The lowest BCUT2D eigenvalue weighted by atomic mass is 9.88. The van der Waals surface area contributed by atoms with Crippen molar-refractivity contribution in [1.82, 2.24) is 29.3 Å². The second-order valence-electron chi connectivity index (χ2n) is 9.51. The molecule has 5 heterocycles. The number of fused-ring (bicyclic) bond motifs is 2. The van der Waals surface area contributed by atoms with Crippen LogP contribution in [-0.2, 0) is 4.79 Å². The van der Waals surface area contributed by atoms with Crippen LogP contribution in [-0.4, -0.2) is 73.7 Å². The van der Waals surface area contributed by atoms with Gasteiger partial charge in [0.15, 0.2) is 0 Å². The maximum atomic E-state index is 13.1. The average Bonchev–Trinajstić information content (AvgIpc) is 3.18. The van der Waals surface area contributed by atoms with E-state index in [-0.39, 0.29) is 17.2 Å². The van der Waals surface area contributed by atoms with Gasteiger partial charge >= 0.3 is 0 Å². The van der Waals surface area contributed by atoms with E-state index in [4.69, 9.17) is 5.10 Å². The van der Waals surface area contributed by atoms with E-state index in [0.29, 0.717) is 8.58 Å². The van der Waals surface area contributed by atoms with Crippen molar-refractivity contribution >= 4 is 25.3 Å². The predicted molar refractivity (Wildman–Crippen MR) is 130 cm³/mol. The molecule has 0 aromatic carbocycles. The summed E-state index contributed by atoms with van der Waals surface area (Å²) in [6.07, 6.45) is 12.4. The van der Waals surface area contributed by atoms with Gasteiger partial charge in [-0.2, -0.15) is 5.10 Å². The Balaban J connectivity index is 1.36. The van der Waals surface area contributed by atoms with E-state index in [1.807, 2.05) is 41.7 Å². The minimum Gasteiger partial charge on any atom is -0.370 e. The average molecular weight is 451 g/mol. The first-order chi connectivity index (χ1) is 15.2. The zero-order valence-electron chi connectivity index (χ0n) is 19.5. The van der Waals surface area contributed by atoms with E-state index >= 15 is 0 Å². The fourth-order valence-corrected chi connectivity index (χ4v) is 6.05. The largest absolute Gasteiger partial charge is 0.370 e. The van der Waals surface area contributed by atoms with Gasteiger partial charge in [0.2, 0.25) is 0 Å². The number of piperidine rings is 1. The van der Waals surface area contributed by atoms with Crippen LogP contribution in [0.25, 0.3) is 10.8 Å². The number of nitrogens with zero attached hydrogens (tertiary/aromatic N) is 6. The Labute approximate surface area is 191 Å². The summed E-state index contributed by atoms with van der Waals surface area (Å²) in [4.78, 5) is 24.2. The van der Waals surface area contributed by atoms with Gasteiger partial charge in [0.05, 0.1) is 40.3 Å². The molecule has 32 heavy (non-hydrogen) atoms. The standard InChI is InChI=1S/C24H31N6OP/c1-16-14-30-20(17(2)25-16)12-19(26-30)21-13-22(31)29-15-18(6-7-23(29)32-21)28-10-8-24(3,9-11-28)27(4)5/h6-7,12-15,23,32H,8-11H2,1-5H3.